The number of halogens is 1. The normalized spacial score (nSPS) is 12.0. The number of nitrogens with zero attached hydrogens (tertiary/aromatic N) is 4. The Balaban J connectivity index is 1.58. The number of carbonyl (C=O) groups is 1. The Labute approximate surface area is 160 Å². The Morgan fingerprint density at radius 1 is 1.23 bits per heavy atom. The average Bonchev–Trinajstić information content (AvgIpc) is 3.15. The van der Waals surface area contributed by atoms with Crippen molar-refractivity contribution in [2.75, 3.05) is 0 Å². The van der Waals surface area contributed by atoms with E-state index < -0.39 is 0 Å². The Bertz CT molecular complexity index is 877. The molecule has 6 nitrogen and oxygen atoms in total. The second-order valence-corrected chi connectivity index (χ2v) is 7.21. The molecule has 0 saturated heterocycles. The number of benzene rings is 2. The third-order valence-corrected chi connectivity index (χ3v) is 4.74. The number of aryl methyl sites for hydroxylation is 2. The number of hydrogen-bond donors (Lipinski definition) is 1. The van der Waals surface area contributed by atoms with Gasteiger partial charge in [-0.1, -0.05) is 28.1 Å². The molecule has 0 fully saturated rings. The minimum atomic E-state index is -0.0697. The number of nitrogens with one attached hydrogen (secondary N) is 1. The molecule has 3 aromatic rings. The van der Waals surface area contributed by atoms with Crippen LogP contribution in [0.2, 0.25) is 0 Å². The van der Waals surface area contributed by atoms with Crippen LogP contribution in [0.3, 0.4) is 0 Å². The smallest absolute Gasteiger partial charge is 0.251 e. The molecule has 0 aliphatic heterocycles. The van der Waals surface area contributed by atoms with Crippen molar-refractivity contribution in [3.05, 3.63) is 70.0 Å². The largest absolute Gasteiger partial charge is 0.350 e. The monoisotopic (exact) mass is 413 g/mol. The van der Waals surface area contributed by atoms with Gasteiger partial charge in [-0.15, -0.1) is 5.10 Å². The second kappa shape index (κ2) is 8.23. The molecule has 1 heterocycles. The first-order valence-corrected chi connectivity index (χ1v) is 9.21. The molecule has 3 rings (SSSR count). The van der Waals surface area contributed by atoms with Gasteiger partial charge in [0, 0.05) is 16.1 Å². The van der Waals surface area contributed by atoms with Crippen LogP contribution in [0.4, 0.5) is 0 Å². The first-order chi connectivity index (χ1) is 12.5. The van der Waals surface area contributed by atoms with Crippen molar-refractivity contribution < 1.29 is 4.79 Å². The van der Waals surface area contributed by atoms with Gasteiger partial charge >= 0.3 is 0 Å². The predicted octanol–water partition coefficient (Wildman–Crippen LogP) is 3.48. The molecule has 1 atom stereocenters. The van der Waals surface area contributed by atoms with Crippen molar-refractivity contribution in [1.82, 2.24) is 25.5 Å². The van der Waals surface area contributed by atoms with Crippen molar-refractivity contribution in [2.45, 2.75) is 32.7 Å². The van der Waals surface area contributed by atoms with Gasteiger partial charge in [0.15, 0.2) is 0 Å². The summed E-state index contributed by atoms with van der Waals surface area (Å²) in [5, 5.41) is 14.2. The maximum Gasteiger partial charge on any atom is 0.251 e. The van der Waals surface area contributed by atoms with Crippen molar-refractivity contribution in [1.29, 1.82) is 0 Å². The molecule has 7 heteroatoms. The molecule has 1 aromatic heterocycles. The van der Waals surface area contributed by atoms with Crippen molar-refractivity contribution in [2.24, 2.45) is 0 Å². The molecule has 1 N–H and O–H groups in total. The quantitative estimate of drug-likeness (QED) is 0.671. The van der Waals surface area contributed by atoms with E-state index in [4.69, 9.17) is 0 Å². The minimum absolute atomic E-state index is 0.0697. The fourth-order valence-electron chi connectivity index (χ4n) is 2.74. The number of aromatic nitrogens is 4. The van der Waals surface area contributed by atoms with E-state index >= 15 is 0 Å². The summed E-state index contributed by atoms with van der Waals surface area (Å²) in [6, 6.07) is 13.9. The SMILES string of the molecule is Cc1cc(C(=O)NC(C)CCc2ccc(Br)cc2)ccc1-n1cnnn1. The van der Waals surface area contributed by atoms with Crippen molar-refractivity contribution >= 4 is 21.8 Å². The van der Waals surface area contributed by atoms with Gasteiger partial charge in [-0.2, -0.15) is 0 Å². The first kappa shape index (κ1) is 18.3. The van der Waals surface area contributed by atoms with E-state index in [9.17, 15) is 4.79 Å². The molecule has 1 amide bonds. The topological polar surface area (TPSA) is 72.7 Å². The van der Waals surface area contributed by atoms with Crippen LogP contribution in [0.1, 0.15) is 34.8 Å². The van der Waals surface area contributed by atoms with Crippen LogP contribution in [0.5, 0.6) is 0 Å². The van der Waals surface area contributed by atoms with Gasteiger partial charge in [-0.3, -0.25) is 4.79 Å². The van der Waals surface area contributed by atoms with E-state index in [2.05, 4.69) is 48.9 Å². The third kappa shape index (κ3) is 4.54. The standard InChI is InChI=1S/C19H20BrN5O/c1-13-11-16(7-10-18(13)25-12-21-23-24-25)19(26)22-14(2)3-4-15-5-8-17(20)9-6-15/h5-12,14H,3-4H2,1-2H3,(H,22,26). The minimum Gasteiger partial charge on any atom is -0.350 e. The predicted molar refractivity (Wildman–Crippen MR) is 103 cm³/mol. The van der Waals surface area contributed by atoms with E-state index in [1.165, 1.54) is 11.9 Å². The lowest BCUT2D eigenvalue weighted by atomic mass is 10.1. The van der Waals surface area contributed by atoms with Crippen LogP contribution in [0.25, 0.3) is 5.69 Å². The van der Waals surface area contributed by atoms with Gasteiger partial charge in [-0.25, -0.2) is 4.68 Å². The molecule has 0 saturated carbocycles. The maximum atomic E-state index is 12.5. The highest BCUT2D eigenvalue weighted by molar-refractivity contribution is 9.10. The molecule has 0 radical (unpaired) electrons. The molecular formula is C19H20BrN5O. The third-order valence-electron chi connectivity index (χ3n) is 4.21. The Hall–Kier alpha value is -2.54. The van der Waals surface area contributed by atoms with Gasteiger partial charge in [0.2, 0.25) is 0 Å². The molecule has 0 bridgehead atoms. The summed E-state index contributed by atoms with van der Waals surface area (Å²) in [7, 11) is 0. The summed E-state index contributed by atoms with van der Waals surface area (Å²) in [4.78, 5) is 12.5. The average molecular weight is 414 g/mol. The summed E-state index contributed by atoms with van der Waals surface area (Å²) in [5.74, 6) is -0.0697. The second-order valence-electron chi connectivity index (χ2n) is 6.30. The highest BCUT2D eigenvalue weighted by Gasteiger charge is 2.12. The van der Waals surface area contributed by atoms with Crippen LogP contribution in [-0.4, -0.2) is 32.2 Å². The van der Waals surface area contributed by atoms with E-state index in [-0.39, 0.29) is 11.9 Å². The molecule has 134 valence electrons. The molecule has 2 aromatic carbocycles. The first-order valence-electron chi connectivity index (χ1n) is 8.42. The van der Waals surface area contributed by atoms with Gasteiger partial charge in [0.25, 0.3) is 5.91 Å². The number of rotatable bonds is 6. The molecule has 0 spiro atoms. The number of amides is 1. The van der Waals surface area contributed by atoms with Crippen LogP contribution in [0.15, 0.2) is 53.3 Å². The van der Waals surface area contributed by atoms with Gasteiger partial charge in [-0.05, 0) is 78.6 Å². The van der Waals surface area contributed by atoms with Crippen LogP contribution >= 0.6 is 15.9 Å². The van der Waals surface area contributed by atoms with E-state index in [0.717, 1.165) is 28.6 Å². The van der Waals surface area contributed by atoms with Crippen molar-refractivity contribution in [3.63, 3.8) is 0 Å². The summed E-state index contributed by atoms with van der Waals surface area (Å²) in [6.07, 6.45) is 3.34. The van der Waals surface area contributed by atoms with Gasteiger partial charge in [0.05, 0.1) is 5.69 Å². The summed E-state index contributed by atoms with van der Waals surface area (Å²) in [5.41, 5.74) is 3.69. The summed E-state index contributed by atoms with van der Waals surface area (Å²) in [6.45, 7) is 3.96. The maximum absolute atomic E-state index is 12.5. The van der Waals surface area contributed by atoms with Gasteiger partial charge in [0.1, 0.15) is 6.33 Å². The molecule has 1 unspecified atom stereocenters. The van der Waals surface area contributed by atoms with Crippen LogP contribution in [-0.2, 0) is 6.42 Å². The fraction of sp³-hybridized carbons (Fsp3) is 0.263. The number of carbonyl (C=O) groups excluding carboxylic acids is 1. The Morgan fingerprint density at radius 2 is 2.00 bits per heavy atom. The van der Waals surface area contributed by atoms with E-state index in [1.54, 1.807) is 10.7 Å². The zero-order valence-corrected chi connectivity index (χ0v) is 16.3. The molecular weight excluding hydrogens is 394 g/mol. The van der Waals surface area contributed by atoms with Crippen LogP contribution in [0, 0.1) is 6.92 Å². The lowest BCUT2D eigenvalue weighted by Gasteiger charge is -2.15. The number of hydrogen-bond acceptors (Lipinski definition) is 4. The zero-order valence-electron chi connectivity index (χ0n) is 14.7. The lowest BCUT2D eigenvalue weighted by molar-refractivity contribution is 0.0938. The fourth-order valence-corrected chi connectivity index (χ4v) is 3.00. The molecule has 26 heavy (non-hydrogen) atoms. The van der Waals surface area contributed by atoms with Gasteiger partial charge < -0.3 is 5.32 Å². The van der Waals surface area contributed by atoms with Crippen LogP contribution < -0.4 is 5.32 Å². The lowest BCUT2D eigenvalue weighted by Crippen LogP contribution is -2.33. The molecule has 0 aliphatic rings. The highest BCUT2D eigenvalue weighted by atomic mass is 79.9. The highest BCUT2D eigenvalue weighted by Crippen LogP contribution is 2.15. The Kier molecular flexibility index (Phi) is 5.78. The van der Waals surface area contributed by atoms with Crippen molar-refractivity contribution in [3.8, 4) is 5.69 Å². The van der Waals surface area contributed by atoms with E-state index in [0.29, 0.717) is 5.56 Å². The summed E-state index contributed by atoms with van der Waals surface area (Å²) < 4.78 is 2.65. The Morgan fingerprint density at radius 3 is 2.65 bits per heavy atom. The summed E-state index contributed by atoms with van der Waals surface area (Å²) >= 11 is 3.44. The van der Waals surface area contributed by atoms with E-state index in [1.807, 2.05) is 38.1 Å². The number of tetrazole rings is 1. The molecule has 0 aliphatic carbocycles. The zero-order chi connectivity index (χ0) is 18.5.